The van der Waals surface area contributed by atoms with E-state index < -0.39 is 0 Å². The third-order valence-electron chi connectivity index (χ3n) is 3.04. The maximum atomic E-state index is 13.9. The third-order valence-corrected chi connectivity index (χ3v) is 3.04. The highest BCUT2D eigenvalue weighted by molar-refractivity contribution is 5.85. The Morgan fingerprint density at radius 3 is 2.45 bits per heavy atom. The predicted molar refractivity (Wildman–Crippen MR) is 82.1 cm³/mol. The molecule has 0 saturated heterocycles. The smallest absolute Gasteiger partial charge is 0.133 e. The maximum Gasteiger partial charge on any atom is 0.133 e. The summed E-state index contributed by atoms with van der Waals surface area (Å²) in [6, 6.07) is 14.2. The molecular weight excluding hydrogens is 277 g/mol. The van der Waals surface area contributed by atoms with Crippen molar-refractivity contribution in [2.24, 2.45) is 5.73 Å². The second-order valence-electron chi connectivity index (χ2n) is 4.50. The van der Waals surface area contributed by atoms with Crippen LogP contribution >= 0.6 is 12.4 Å². The Kier molecular flexibility index (Phi) is 6.49. The standard InChI is InChI=1S/C16H18FNO.ClH/c1-2-12(18)11-14-15(17)9-6-10-16(14)19-13-7-4-3-5-8-13;/h3-10,12H,2,11,18H2,1H3;1H. The van der Waals surface area contributed by atoms with Crippen LogP contribution in [-0.2, 0) is 6.42 Å². The van der Waals surface area contributed by atoms with E-state index in [1.807, 2.05) is 37.3 Å². The van der Waals surface area contributed by atoms with E-state index in [2.05, 4.69) is 0 Å². The van der Waals surface area contributed by atoms with Gasteiger partial charge in [-0.3, -0.25) is 0 Å². The number of hydrogen-bond donors (Lipinski definition) is 1. The molecule has 2 nitrogen and oxygen atoms in total. The van der Waals surface area contributed by atoms with Crippen LogP contribution in [0.3, 0.4) is 0 Å². The Labute approximate surface area is 125 Å². The van der Waals surface area contributed by atoms with E-state index in [-0.39, 0.29) is 24.3 Å². The van der Waals surface area contributed by atoms with Crippen molar-refractivity contribution in [1.82, 2.24) is 0 Å². The highest BCUT2D eigenvalue weighted by atomic mass is 35.5. The molecule has 0 fully saturated rings. The van der Waals surface area contributed by atoms with Crippen molar-refractivity contribution in [3.05, 3.63) is 59.9 Å². The number of para-hydroxylation sites is 1. The Balaban J connectivity index is 0.00000200. The van der Waals surface area contributed by atoms with Gasteiger partial charge in [0.1, 0.15) is 17.3 Å². The summed E-state index contributed by atoms with van der Waals surface area (Å²) in [7, 11) is 0. The first-order valence-corrected chi connectivity index (χ1v) is 6.46. The summed E-state index contributed by atoms with van der Waals surface area (Å²) in [6.45, 7) is 1.99. The average molecular weight is 296 g/mol. The number of nitrogens with two attached hydrogens (primary N) is 1. The molecule has 0 radical (unpaired) electrons. The fourth-order valence-corrected chi connectivity index (χ4v) is 1.85. The summed E-state index contributed by atoms with van der Waals surface area (Å²) in [5.74, 6) is 0.965. The first kappa shape index (κ1) is 16.5. The molecule has 2 N–H and O–H groups in total. The molecule has 4 heteroatoms. The fourth-order valence-electron chi connectivity index (χ4n) is 1.85. The minimum Gasteiger partial charge on any atom is -0.457 e. The molecule has 1 atom stereocenters. The zero-order chi connectivity index (χ0) is 13.7. The number of hydrogen-bond acceptors (Lipinski definition) is 2. The topological polar surface area (TPSA) is 35.2 Å². The van der Waals surface area contributed by atoms with Gasteiger partial charge in [0.15, 0.2) is 0 Å². The van der Waals surface area contributed by atoms with Crippen LogP contribution in [0.5, 0.6) is 11.5 Å². The lowest BCUT2D eigenvalue weighted by molar-refractivity contribution is 0.461. The molecule has 0 amide bonds. The lowest BCUT2D eigenvalue weighted by Gasteiger charge is -2.15. The van der Waals surface area contributed by atoms with Crippen LogP contribution in [0.2, 0.25) is 0 Å². The van der Waals surface area contributed by atoms with Crippen molar-refractivity contribution >= 4 is 12.4 Å². The van der Waals surface area contributed by atoms with E-state index in [0.29, 0.717) is 23.5 Å². The Morgan fingerprint density at radius 2 is 1.80 bits per heavy atom. The van der Waals surface area contributed by atoms with Crippen molar-refractivity contribution < 1.29 is 9.13 Å². The first-order valence-electron chi connectivity index (χ1n) is 6.46. The molecule has 2 aromatic carbocycles. The second kappa shape index (κ2) is 7.88. The second-order valence-corrected chi connectivity index (χ2v) is 4.50. The van der Waals surface area contributed by atoms with Gasteiger partial charge in [0, 0.05) is 11.6 Å². The Morgan fingerprint density at radius 1 is 1.10 bits per heavy atom. The highest BCUT2D eigenvalue weighted by Crippen LogP contribution is 2.28. The van der Waals surface area contributed by atoms with Gasteiger partial charge < -0.3 is 10.5 Å². The molecule has 0 bridgehead atoms. The molecule has 0 saturated carbocycles. The SMILES string of the molecule is CCC(N)Cc1c(F)cccc1Oc1ccccc1.Cl. The van der Waals surface area contributed by atoms with Gasteiger partial charge in [-0.1, -0.05) is 31.2 Å². The Bertz CT molecular complexity index is 533. The molecule has 0 aromatic heterocycles. The largest absolute Gasteiger partial charge is 0.457 e. The van der Waals surface area contributed by atoms with Crippen molar-refractivity contribution in [3.8, 4) is 11.5 Å². The number of ether oxygens (including phenoxy) is 1. The van der Waals surface area contributed by atoms with E-state index in [1.54, 1.807) is 12.1 Å². The van der Waals surface area contributed by atoms with Crippen LogP contribution in [0.1, 0.15) is 18.9 Å². The van der Waals surface area contributed by atoms with Gasteiger partial charge in [0.2, 0.25) is 0 Å². The number of halogens is 2. The van der Waals surface area contributed by atoms with E-state index in [4.69, 9.17) is 10.5 Å². The minimum absolute atomic E-state index is 0. The summed E-state index contributed by atoms with van der Waals surface area (Å²) in [6.07, 6.45) is 1.28. The summed E-state index contributed by atoms with van der Waals surface area (Å²) in [5, 5.41) is 0. The van der Waals surface area contributed by atoms with E-state index >= 15 is 0 Å². The predicted octanol–water partition coefficient (Wildman–Crippen LogP) is 4.32. The Hall–Kier alpha value is -1.58. The number of rotatable bonds is 5. The van der Waals surface area contributed by atoms with E-state index in [0.717, 1.165) is 6.42 Å². The molecule has 1 unspecified atom stereocenters. The van der Waals surface area contributed by atoms with Gasteiger partial charge in [-0.15, -0.1) is 12.4 Å². The van der Waals surface area contributed by atoms with Crippen molar-refractivity contribution in [1.29, 1.82) is 0 Å². The molecule has 20 heavy (non-hydrogen) atoms. The fraction of sp³-hybridized carbons (Fsp3) is 0.250. The van der Waals surface area contributed by atoms with Gasteiger partial charge in [-0.25, -0.2) is 4.39 Å². The maximum absolute atomic E-state index is 13.9. The normalized spacial score (nSPS) is 11.6. The van der Waals surface area contributed by atoms with E-state index in [1.165, 1.54) is 6.07 Å². The number of benzene rings is 2. The van der Waals surface area contributed by atoms with Gasteiger partial charge in [0.25, 0.3) is 0 Å². The van der Waals surface area contributed by atoms with Crippen LogP contribution in [0, 0.1) is 5.82 Å². The van der Waals surface area contributed by atoms with Gasteiger partial charge in [-0.05, 0) is 37.1 Å². The summed E-state index contributed by atoms with van der Waals surface area (Å²) >= 11 is 0. The quantitative estimate of drug-likeness (QED) is 0.891. The van der Waals surface area contributed by atoms with Crippen LogP contribution in [0.4, 0.5) is 4.39 Å². The summed E-state index contributed by atoms with van der Waals surface area (Å²) < 4.78 is 19.7. The summed E-state index contributed by atoms with van der Waals surface area (Å²) in [4.78, 5) is 0. The highest BCUT2D eigenvalue weighted by Gasteiger charge is 2.13. The molecular formula is C16H19ClFNO. The van der Waals surface area contributed by atoms with Gasteiger partial charge in [-0.2, -0.15) is 0 Å². The van der Waals surface area contributed by atoms with Crippen LogP contribution in [0.15, 0.2) is 48.5 Å². The van der Waals surface area contributed by atoms with Crippen molar-refractivity contribution in [2.75, 3.05) is 0 Å². The lowest BCUT2D eigenvalue weighted by Crippen LogP contribution is -2.22. The molecule has 0 aliphatic heterocycles. The average Bonchev–Trinajstić information content (AvgIpc) is 2.43. The monoisotopic (exact) mass is 295 g/mol. The summed E-state index contributed by atoms with van der Waals surface area (Å²) in [5.41, 5.74) is 6.46. The van der Waals surface area contributed by atoms with Gasteiger partial charge in [0.05, 0.1) is 0 Å². The van der Waals surface area contributed by atoms with Crippen LogP contribution < -0.4 is 10.5 Å². The molecule has 0 aliphatic carbocycles. The van der Waals surface area contributed by atoms with Crippen molar-refractivity contribution in [2.45, 2.75) is 25.8 Å². The minimum atomic E-state index is -0.266. The van der Waals surface area contributed by atoms with Gasteiger partial charge >= 0.3 is 0 Å². The molecule has 2 rings (SSSR count). The molecule has 0 spiro atoms. The lowest BCUT2D eigenvalue weighted by atomic mass is 10.0. The van der Waals surface area contributed by atoms with Crippen molar-refractivity contribution in [3.63, 3.8) is 0 Å². The van der Waals surface area contributed by atoms with Crippen LogP contribution in [0.25, 0.3) is 0 Å². The van der Waals surface area contributed by atoms with Crippen LogP contribution in [-0.4, -0.2) is 6.04 Å². The zero-order valence-corrected chi connectivity index (χ0v) is 12.2. The first-order chi connectivity index (χ1) is 9.20. The zero-order valence-electron chi connectivity index (χ0n) is 11.4. The molecule has 0 heterocycles. The molecule has 2 aromatic rings. The molecule has 0 aliphatic rings. The third kappa shape index (κ3) is 4.22. The van der Waals surface area contributed by atoms with E-state index in [9.17, 15) is 4.39 Å². The molecule has 108 valence electrons.